The van der Waals surface area contributed by atoms with E-state index in [4.69, 9.17) is 9.47 Å². The molecule has 4 rings (SSSR count). The number of Topliss-reactive ketones (excluding diaryl/α,β-unsaturated/α-hetero) is 1. The van der Waals surface area contributed by atoms with Gasteiger partial charge in [0.1, 0.15) is 11.5 Å². The minimum absolute atomic E-state index is 0.0502. The fraction of sp³-hybridized carbons (Fsp3) is 0.192. The number of carbonyl (C=O) groups is 2. The van der Waals surface area contributed by atoms with Gasteiger partial charge in [-0.1, -0.05) is 12.1 Å². The Balaban J connectivity index is 1.85. The van der Waals surface area contributed by atoms with Crippen LogP contribution in [0.5, 0.6) is 17.2 Å². The molecule has 1 atom stereocenters. The Kier molecular flexibility index (Phi) is 6.49. The number of phenols is 1. The number of aliphatic hydroxyl groups excluding tert-OH is 1. The molecule has 0 aliphatic carbocycles. The van der Waals surface area contributed by atoms with Gasteiger partial charge in [0.2, 0.25) is 0 Å². The van der Waals surface area contributed by atoms with Gasteiger partial charge in [0.05, 0.1) is 25.3 Å². The van der Waals surface area contributed by atoms with Gasteiger partial charge in [0, 0.05) is 24.5 Å². The largest absolute Gasteiger partial charge is 0.507 e. The molecule has 0 bridgehead atoms. The van der Waals surface area contributed by atoms with Crippen LogP contribution in [-0.2, 0) is 16.1 Å². The number of nitrogens with zero attached hydrogens (tertiary/aromatic N) is 2. The number of hydrogen-bond acceptors (Lipinski definition) is 7. The Morgan fingerprint density at radius 3 is 2.53 bits per heavy atom. The van der Waals surface area contributed by atoms with Crippen LogP contribution >= 0.6 is 0 Å². The van der Waals surface area contributed by atoms with E-state index < -0.39 is 17.7 Å². The fourth-order valence-electron chi connectivity index (χ4n) is 3.97. The fourth-order valence-corrected chi connectivity index (χ4v) is 3.97. The first-order valence-corrected chi connectivity index (χ1v) is 10.7. The number of aliphatic hydroxyl groups is 1. The zero-order valence-corrected chi connectivity index (χ0v) is 18.8. The zero-order chi connectivity index (χ0) is 24.2. The van der Waals surface area contributed by atoms with E-state index in [9.17, 15) is 19.8 Å². The Morgan fingerprint density at radius 1 is 1.12 bits per heavy atom. The van der Waals surface area contributed by atoms with Crippen LogP contribution in [0.4, 0.5) is 0 Å². The van der Waals surface area contributed by atoms with Gasteiger partial charge in [-0.05, 0) is 60.5 Å². The summed E-state index contributed by atoms with van der Waals surface area (Å²) in [4.78, 5) is 31.7. The van der Waals surface area contributed by atoms with Crippen LogP contribution in [0.25, 0.3) is 5.76 Å². The molecule has 0 spiro atoms. The van der Waals surface area contributed by atoms with Crippen molar-refractivity contribution in [3.8, 4) is 17.2 Å². The first kappa shape index (κ1) is 22.8. The number of amides is 1. The molecule has 0 saturated carbocycles. The van der Waals surface area contributed by atoms with Crippen molar-refractivity contribution in [1.29, 1.82) is 0 Å². The third-order valence-corrected chi connectivity index (χ3v) is 5.57. The number of hydrogen-bond donors (Lipinski definition) is 2. The highest BCUT2D eigenvalue weighted by atomic mass is 16.5. The molecule has 1 aliphatic rings. The predicted octanol–water partition coefficient (Wildman–Crippen LogP) is 3.82. The monoisotopic (exact) mass is 460 g/mol. The number of aromatic hydroxyl groups is 1. The highest BCUT2D eigenvalue weighted by Gasteiger charge is 2.46. The molecule has 0 radical (unpaired) electrons. The van der Waals surface area contributed by atoms with Gasteiger partial charge in [-0.25, -0.2) is 0 Å². The lowest BCUT2D eigenvalue weighted by Gasteiger charge is -2.25. The van der Waals surface area contributed by atoms with Gasteiger partial charge in [0.25, 0.3) is 11.7 Å². The molecule has 2 N–H and O–H groups in total. The van der Waals surface area contributed by atoms with Gasteiger partial charge in [-0.3, -0.25) is 14.6 Å². The van der Waals surface area contributed by atoms with Crippen molar-refractivity contribution in [2.75, 3.05) is 13.7 Å². The number of carbonyl (C=O) groups excluding carboxylic acids is 2. The number of benzene rings is 2. The number of likely N-dealkylation sites (tertiary alicyclic amines) is 1. The number of pyridine rings is 1. The summed E-state index contributed by atoms with van der Waals surface area (Å²) in [6.07, 6.45) is 3.23. The van der Waals surface area contributed by atoms with Crippen molar-refractivity contribution in [3.05, 3.63) is 89.3 Å². The Bertz CT molecular complexity index is 1240. The molecule has 0 unspecified atom stereocenters. The summed E-state index contributed by atoms with van der Waals surface area (Å²) in [7, 11) is 1.41. The van der Waals surface area contributed by atoms with Crippen LogP contribution in [0.15, 0.2) is 72.6 Å². The van der Waals surface area contributed by atoms with Crippen molar-refractivity contribution in [2.45, 2.75) is 19.5 Å². The van der Waals surface area contributed by atoms with E-state index in [0.717, 1.165) is 5.56 Å². The average Bonchev–Trinajstić information content (AvgIpc) is 3.10. The number of ether oxygens (including phenoxy) is 2. The van der Waals surface area contributed by atoms with Crippen molar-refractivity contribution in [1.82, 2.24) is 9.88 Å². The van der Waals surface area contributed by atoms with E-state index in [1.165, 1.54) is 18.1 Å². The SMILES string of the molecule is CCOc1ccc(C(O)=C2C(=O)C(=O)N(Cc3cccnc3)[C@H]2c2ccc(O)c(OC)c2)cc1. The first-order valence-electron chi connectivity index (χ1n) is 10.7. The second-order valence-corrected chi connectivity index (χ2v) is 7.68. The number of ketones is 1. The van der Waals surface area contributed by atoms with Crippen LogP contribution in [0.3, 0.4) is 0 Å². The lowest BCUT2D eigenvalue weighted by molar-refractivity contribution is -0.140. The van der Waals surface area contributed by atoms with Crippen LogP contribution < -0.4 is 9.47 Å². The van der Waals surface area contributed by atoms with Gasteiger partial charge < -0.3 is 24.6 Å². The van der Waals surface area contributed by atoms with Gasteiger partial charge in [-0.15, -0.1) is 0 Å². The third kappa shape index (κ3) is 4.30. The average molecular weight is 460 g/mol. The Morgan fingerprint density at radius 2 is 1.88 bits per heavy atom. The molecule has 2 heterocycles. The molecule has 1 amide bonds. The molecule has 8 heteroatoms. The van der Waals surface area contributed by atoms with Crippen molar-refractivity contribution in [2.24, 2.45) is 0 Å². The molecular formula is C26H24N2O6. The molecule has 2 aromatic carbocycles. The van der Waals surface area contributed by atoms with Crippen molar-refractivity contribution < 1.29 is 29.3 Å². The maximum absolute atomic E-state index is 13.2. The maximum Gasteiger partial charge on any atom is 0.295 e. The lowest BCUT2D eigenvalue weighted by Crippen LogP contribution is -2.29. The second kappa shape index (κ2) is 9.66. The summed E-state index contributed by atoms with van der Waals surface area (Å²) in [5, 5.41) is 21.2. The highest BCUT2D eigenvalue weighted by Crippen LogP contribution is 2.42. The summed E-state index contributed by atoms with van der Waals surface area (Å²) in [5.74, 6) is -1.11. The van der Waals surface area contributed by atoms with Gasteiger partial charge in [0.15, 0.2) is 11.5 Å². The summed E-state index contributed by atoms with van der Waals surface area (Å²) in [6.45, 7) is 2.46. The first-order chi connectivity index (χ1) is 16.4. The minimum Gasteiger partial charge on any atom is -0.507 e. The number of methoxy groups -OCH3 is 1. The summed E-state index contributed by atoms with van der Waals surface area (Å²) in [5.41, 5.74) is 1.55. The zero-order valence-electron chi connectivity index (χ0n) is 18.8. The Labute approximate surface area is 196 Å². The topological polar surface area (TPSA) is 109 Å². The maximum atomic E-state index is 13.2. The van der Waals surface area contributed by atoms with Gasteiger partial charge in [-0.2, -0.15) is 0 Å². The highest BCUT2D eigenvalue weighted by molar-refractivity contribution is 6.46. The molecule has 1 aromatic heterocycles. The van der Waals surface area contributed by atoms with E-state index in [2.05, 4.69) is 4.98 Å². The predicted molar refractivity (Wildman–Crippen MR) is 124 cm³/mol. The van der Waals surface area contributed by atoms with E-state index in [0.29, 0.717) is 23.5 Å². The summed E-state index contributed by atoms with van der Waals surface area (Å²) < 4.78 is 10.7. The normalized spacial score (nSPS) is 17.1. The molecule has 34 heavy (non-hydrogen) atoms. The molecule has 1 aliphatic heterocycles. The quantitative estimate of drug-likeness (QED) is 0.313. The third-order valence-electron chi connectivity index (χ3n) is 5.57. The summed E-state index contributed by atoms with van der Waals surface area (Å²) in [6, 6.07) is 13.8. The molecule has 174 valence electrons. The molecule has 1 fully saturated rings. The number of aromatic nitrogens is 1. The van der Waals surface area contributed by atoms with Crippen LogP contribution in [0.1, 0.15) is 29.7 Å². The molecular weight excluding hydrogens is 436 g/mol. The minimum atomic E-state index is -0.902. The smallest absolute Gasteiger partial charge is 0.295 e. The van der Waals surface area contributed by atoms with Crippen molar-refractivity contribution >= 4 is 17.4 Å². The number of rotatable bonds is 7. The lowest BCUT2D eigenvalue weighted by atomic mass is 9.95. The van der Waals surface area contributed by atoms with Gasteiger partial charge >= 0.3 is 0 Å². The molecule has 8 nitrogen and oxygen atoms in total. The molecule has 1 saturated heterocycles. The number of phenolic OH excluding ortho intramolecular Hbond substituents is 1. The van der Waals surface area contributed by atoms with Crippen molar-refractivity contribution in [3.63, 3.8) is 0 Å². The molecule has 3 aromatic rings. The van der Waals surface area contributed by atoms with E-state index in [1.807, 2.05) is 6.92 Å². The van der Waals surface area contributed by atoms with Crippen LogP contribution in [0, 0.1) is 0 Å². The van der Waals surface area contributed by atoms with E-state index >= 15 is 0 Å². The Hall–Kier alpha value is -4.33. The summed E-state index contributed by atoms with van der Waals surface area (Å²) >= 11 is 0. The van der Waals surface area contributed by atoms with E-state index in [1.54, 1.807) is 60.9 Å². The van der Waals surface area contributed by atoms with Crippen LogP contribution in [-0.4, -0.2) is 45.5 Å². The standard InChI is InChI=1S/C26H24N2O6/c1-3-34-19-9-6-17(7-10-19)24(30)22-23(18-8-11-20(29)21(13-18)33-2)28(26(32)25(22)31)15-16-5-4-12-27-14-16/h4-14,23,29-30H,3,15H2,1-2H3/t23-/m0/s1. The second-order valence-electron chi connectivity index (χ2n) is 7.68. The van der Waals surface area contributed by atoms with E-state index in [-0.39, 0.29) is 29.4 Å². The van der Waals surface area contributed by atoms with Crippen LogP contribution in [0.2, 0.25) is 0 Å².